The summed E-state index contributed by atoms with van der Waals surface area (Å²) >= 11 is 3.12. The zero-order valence-electron chi connectivity index (χ0n) is 10.4. The zero-order chi connectivity index (χ0) is 15.3. The van der Waals surface area contributed by atoms with Crippen molar-refractivity contribution in [2.24, 2.45) is 0 Å². The standard InChI is InChI=1S/C6H5BrO3S.C5H7N3O/c7-5-1-3-6(4-2-5)11(8,9)10;1-3-2-4(9)8-5(6)7-3/h1-4H,(H,8,9,10);2H,1H3,(H3,6,7,8,9). The maximum absolute atomic E-state index is 10.6. The summed E-state index contributed by atoms with van der Waals surface area (Å²) in [6.45, 7) is 1.77. The number of aromatic amines is 2. The van der Waals surface area contributed by atoms with Crippen LogP contribution in [-0.4, -0.2) is 18.0 Å². The molecule has 1 aromatic carbocycles. The van der Waals surface area contributed by atoms with E-state index in [2.05, 4.69) is 25.9 Å². The molecule has 7 nitrogen and oxygen atoms in total. The van der Waals surface area contributed by atoms with Crippen LogP contribution in [0.4, 0.5) is 5.95 Å². The van der Waals surface area contributed by atoms with Crippen molar-refractivity contribution in [3.63, 3.8) is 0 Å². The van der Waals surface area contributed by atoms with Gasteiger partial charge in [-0.1, -0.05) is 15.9 Å². The molecule has 108 valence electrons. The number of nitrogen functional groups attached to an aromatic ring is 1. The number of hydrogen-bond acceptors (Lipinski definition) is 5. The molecule has 0 radical (unpaired) electrons. The summed E-state index contributed by atoms with van der Waals surface area (Å²) in [5.41, 5.74) is 5.83. The second-order valence-corrected chi connectivity index (χ2v) is 6.06. The van der Waals surface area contributed by atoms with Crippen LogP contribution in [-0.2, 0) is 10.1 Å². The van der Waals surface area contributed by atoms with Gasteiger partial charge < -0.3 is 4.55 Å². The third-order valence-electron chi connectivity index (χ3n) is 2.04. The number of anilines is 1. The topological polar surface area (TPSA) is 130 Å². The van der Waals surface area contributed by atoms with Gasteiger partial charge in [-0.25, -0.2) is 18.4 Å². The van der Waals surface area contributed by atoms with E-state index in [1.165, 1.54) is 30.3 Å². The van der Waals surface area contributed by atoms with Crippen LogP contribution in [0.3, 0.4) is 0 Å². The van der Waals surface area contributed by atoms with Crippen LogP contribution >= 0.6 is 15.9 Å². The molecule has 2 aromatic rings. The Morgan fingerprint density at radius 2 is 1.85 bits per heavy atom. The minimum Gasteiger partial charge on any atom is -0.744 e. The summed E-state index contributed by atoms with van der Waals surface area (Å²) in [5, 5.41) is 0. The number of aromatic nitrogens is 2. The van der Waals surface area contributed by atoms with Crippen LogP contribution in [0.1, 0.15) is 5.69 Å². The lowest BCUT2D eigenvalue weighted by atomic mass is 10.4. The summed E-state index contributed by atoms with van der Waals surface area (Å²) < 4.78 is 31.9. The molecule has 20 heavy (non-hydrogen) atoms. The molecule has 0 saturated carbocycles. The lowest BCUT2D eigenvalue weighted by Crippen LogP contribution is -2.22. The number of halogens is 1. The molecule has 0 spiro atoms. The van der Waals surface area contributed by atoms with Gasteiger partial charge >= 0.3 is 11.5 Å². The molecule has 1 heterocycles. The first-order chi connectivity index (χ1) is 9.18. The predicted molar refractivity (Wildman–Crippen MR) is 74.9 cm³/mol. The lowest BCUT2D eigenvalue weighted by molar-refractivity contribution is -0.374. The number of H-pyrrole nitrogens is 2. The van der Waals surface area contributed by atoms with Crippen molar-refractivity contribution in [3.05, 3.63) is 50.9 Å². The van der Waals surface area contributed by atoms with Gasteiger partial charge in [0.1, 0.15) is 10.1 Å². The quantitative estimate of drug-likeness (QED) is 0.711. The highest BCUT2D eigenvalue weighted by molar-refractivity contribution is 9.10. The van der Waals surface area contributed by atoms with Crippen molar-refractivity contribution in [3.8, 4) is 0 Å². The van der Waals surface area contributed by atoms with E-state index in [4.69, 9.17) is 5.73 Å². The molecule has 0 fully saturated rings. The highest BCUT2D eigenvalue weighted by atomic mass is 79.9. The summed E-state index contributed by atoms with van der Waals surface area (Å²) in [7, 11) is -4.29. The molecule has 0 bridgehead atoms. The Morgan fingerprint density at radius 3 is 2.25 bits per heavy atom. The largest absolute Gasteiger partial charge is 0.744 e. The summed E-state index contributed by atoms with van der Waals surface area (Å²) in [5.74, 6) is 0.292. The molecular weight excluding hydrogens is 350 g/mol. The molecule has 2 rings (SSSR count). The van der Waals surface area contributed by atoms with Crippen molar-refractivity contribution in [1.29, 1.82) is 0 Å². The molecule has 0 aliphatic rings. The van der Waals surface area contributed by atoms with E-state index < -0.39 is 10.1 Å². The summed E-state index contributed by atoms with van der Waals surface area (Å²) in [6, 6.07) is 6.96. The normalized spacial score (nSPS) is 10.6. The number of aryl methyl sites for hydroxylation is 1. The van der Waals surface area contributed by atoms with Crippen LogP contribution in [0.15, 0.2) is 44.5 Å². The van der Waals surface area contributed by atoms with Gasteiger partial charge in [0.2, 0.25) is 0 Å². The number of benzene rings is 1. The second-order valence-electron chi connectivity index (χ2n) is 3.76. The van der Waals surface area contributed by atoms with Crippen molar-refractivity contribution < 1.29 is 18.0 Å². The Kier molecular flexibility index (Phi) is 5.43. The molecule has 0 atom stereocenters. The van der Waals surface area contributed by atoms with E-state index >= 15 is 0 Å². The second kappa shape index (κ2) is 6.64. The Hall–Kier alpha value is -1.71. The number of nitrogens with two attached hydrogens (primary N) is 1. The van der Waals surface area contributed by atoms with Gasteiger partial charge in [-0.3, -0.25) is 10.5 Å². The average molecular weight is 362 g/mol. The van der Waals surface area contributed by atoms with Gasteiger partial charge in [0.05, 0.1) is 16.7 Å². The monoisotopic (exact) mass is 361 g/mol. The van der Waals surface area contributed by atoms with Gasteiger partial charge in [0, 0.05) is 4.47 Å². The summed E-state index contributed by atoms with van der Waals surface area (Å²) in [4.78, 5) is 15.5. The van der Waals surface area contributed by atoms with E-state index in [0.717, 1.165) is 10.2 Å². The van der Waals surface area contributed by atoms with Crippen LogP contribution in [0.25, 0.3) is 0 Å². The molecule has 0 saturated heterocycles. The fraction of sp³-hybridized carbons (Fsp3) is 0.0909. The van der Waals surface area contributed by atoms with Gasteiger partial charge in [0.15, 0.2) is 0 Å². The number of rotatable bonds is 1. The van der Waals surface area contributed by atoms with Crippen LogP contribution in [0, 0.1) is 6.92 Å². The first-order valence-corrected chi connectivity index (χ1v) is 7.49. The Morgan fingerprint density at radius 1 is 1.30 bits per heavy atom. The van der Waals surface area contributed by atoms with Crippen molar-refractivity contribution in [2.45, 2.75) is 11.8 Å². The molecule has 4 N–H and O–H groups in total. The zero-order valence-corrected chi connectivity index (χ0v) is 12.8. The molecule has 0 aliphatic heterocycles. The van der Waals surface area contributed by atoms with E-state index in [-0.39, 0.29) is 10.5 Å². The Bertz CT molecular complexity index is 718. The van der Waals surface area contributed by atoms with E-state index in [0.29, 0.717) is 5.95 Å². The van der Waals surface area contributed by atoms with E-state index in [9.17, 15) is 17.8 Å². The summed E-state index contributed by atoms with van der Waals surface area (Å²) in [6.07, 6.45) is 0. The number of nitrogens with one attached hydrogen (secondary N) is 2. The smallest absolute Gasteiger partial charge is 0.353 e. The minimum atomic E-state index is -4.29. The third-order valence-corrected chi connectivity index (χ3v) is 3.42. The third kappa shape index (κ3) is 5.51. The fourth-order valence-corrected chi connectivity index (χ4v) is 1.98. The van der Waals surface area contributed by atoms with Gasteiger partial charge in [-0.2, -0.15) is 0 Å². The van der Waals surface area contributed by atoms with Gasteiger partial charge in [-0.05, 0) is 31.2 Å². The van der Waals surface area contributed by atoms with E-state index in [1.54, 1.807) is 6.92 Å². The lowest BCUT2D eigenvalue weighted by Gasteiger charge is -2.05. The van der Waals surface area contributed by atoms with Crippen LogP contribution in [0.5, 0.6) is 0 Å². The minimum absolute atomic E-state index is 0.177. The maximum atomic E-state index is 10.6. The number of hydrogen-bond donors (Lipinski definition) is 2. The van der Waals surface area contributed by atoms with Crippen molar-refractivity contribution >= 4 is 32.0 Å². The molecule has 0 unspecified atom stereocenters. The Labute approximate surface area is 123 Å². The average Bonchev–Trinajstić information content (AvgIpc) is 2.26. The SMILES string of the molecule is Cc1cc(=O)[nH]c(N)[nH+]1.O=S(=O)([O-])c1ccc(Br)cc1. The molecule has 9 heteroatoms. The van der Waals surface area contributed by atoms with Crippen LogP contribution in [0.2, 0.25) is 0 Å². The van der Waals surface area contributed by atoms with E-state index in [1.807, 2.05) is 0 Å². The van der Waals surface area contributed by atoms with Gasteiger partial charge in [-0.15, -0.1) is 0 Å². The highest BCUT2D eigenvalue weighted by Crippen LogP contribution is 2.13. The first-order valence-electron chi connectivity index (χ1n) is 5.28. The molecule has 0 aliphatic carbocycles. The molecule has 0 amide bonds. The highest BCUT2D eigenvalue weighted by Gasteiger charge is 1.98. The first kappa shape index (κ1) is 16.3. The molecule has 1 aromatic heterocycles. The van der Waals surface area contributed by atoms with Crippen molar-refractivity contribution in [1.82, 2.24) is 4.98 Å². The molecular formula is C11H12BrN3O4S. The predicted octanol–water partition coefficient (Wildman–Crippen LogP) is 0.433. The van der Waals surface area contributed by atoms with Crippen LogP contribution < -0.4 is 16.3 Å². The van der Waals surface area contributed by atoms with Gasteiger partial charge in [0.25, 0.3) is 0 Å². The fourth-order valence-electron chi connectivity index (χ4n) is 1.25. The van der Waals surface area contributed by atoms with Crippen molar-refractivity contribution in [2.75, 3.05) is 5.73 Å². The Balaban J connectivity index is 0.000000204. The maximum Gasteiger partial charge on any atom is 0.353 e.